The Kier molecular flexibility index (Phi) is 2.95. The molecule has 0 saturated heterocycles. The fraction of sp³-hybridized carbons (Fsp3) is 0.300. The number of pyridine rings is 1. The molecular weight excluding hydrogens is 282 g/mol. The maximum absolute atomic E-state index is 4.53. The van der Waals surface area contributed by atoms with Crippen LogP contribution in [0.5, 0.6) is 0 Å². The summed E-state index contributed by atoms with van der Waals surface area (Å²) < 4.78 is 4.50. The van der Waals surface area contributed by atoms with Crippen LogP contribution in [0.15, 0.2) is 30.7 Å². The van der Waals surface area contributed by atoms with E-state index >= 15 is 0 Å². The highest BCUT2D eigenvalue weighted by Crippen LogP contribution is 2.38. The maximum Gasteiger partial charge on any atom is 0.213 e. The van der Waals surface area contributed by atoms with Gasteiger partial charge in [0.05, 0.1) is 11.3 Å². The minimum absolute atomic E-state index is 0.910. The second-order valence-corrected chi connectivity index (χ2v) is 6.74. The molecule has 0 N–H and O–H groups in total. The highest BCUT2D eigenvalue weighted by molar-refractivity contribution is 5.75. The molecule has 1 aliphatic rings. The third-order valence-corrected chi connectivity index (χ3v) is 5.08. The molecule has 3 heterocycles. The monoisotopic (exact) mass is 304 g/mol. The summed E-state index contributed by atoms with van der Waals surface area (Å²) in [4.78, 5) is 4.53. The summed E-state index contributed by atoms with van der Waals surface area (Å²) in [5.41, 5.74) is 10.7. The number of nitrogens with zero attached hydrogens (tertiary/aromatic N) is 3. The van der Waals surface area contributed by atoms with Crippen LogP contribution in [0.2, 0.25) is 0 Å². The molecule has 0 radical (unpaired) electrons. The van der Waals surface area contributed by atoms with E-state index in [1.54, 1.807) is 0 Å². The van der Waals surface area contributed by atoms with Crippen LogP contribution >= 0.6 is 0 Å². The lowest BCUT2D eigenvalue weighted by Crippen LogP contribution is -2.32. The quantitative estimate of drug-likeness (QED) is 0.493. The zero-order valence-electron chi connectivity index (χ0n) is 14.4. The summed E-state index contributed by atoms with van der Waals surface area (Å²) in [6.45, 7) is 8.78. The van der Waals surface area contributed by atoms with E-state index in [1.807, 2.05) is 6.20 Å². The summed E-state index contributed by atoms with van der Waals surface area (Å²) in [7, 11) is 2.14. The van der Waals surface area contributed by atoms with Gasteiger partial charge in [0.15, 0.2) is 6.20 Å². The zero-order valence-corrected chi connectivity index (χ0v) is 14.4. The molecule has 0 saturated carbocycles. The van der Waals surface area contributed by atoms with Crippen LogP contribution in [0.1, 0.15) is 33.6 Å². The van der Waals surface area contributed by atoms with Gasteiger partial charge >= 0.3 is 0 Å². The molecule has 3 heteroatoms. The Labute approximate surface area is 137 Å². The first-order chi connectivity index (χ1) is 11.0. The van der Waals surface area contributed by atoms with Crippen molar-refractivity contribution in [3.63, 3.8) is 0 Å². The number of rotatable bonds is 1. The summed E-state index contributed by atoms with van der Waals surface area (Å²) >= 11 is 0. The summed E-state index contributed by atoms with van der Waals surface area (Å²) in [5.74, 6) is 1.14. The summed E-state index contributed by atoms with van der Waals surface area (Å²) in [5, 5.41) is 0. The topological polar surface area (TPSA) is 21.7 Å². The first-order valence-corrected chi connectivity index (χ1v) is 8.10. The van der Waals surface area contributed by atoms with Crippen molar-refractivity contribution in [2.24, 2.45) is 7.05 Å². The molecule has 0 bridgehead atoms. The highest BCUT2D eigenvalue weighted by atomic mass is 15.1. The van der Waals surface area contributed by atoms with E-state index in [2.05, 4.69) is 73.4 Å². The lowest BCUT2D eigenvalue weighted by molar-refractivity contribution is -0.660. The lowest BCUT2D eigenvalue weighted by Gasteiger charge is -2.14. The van der Waals surface area contributed by atoms with Gasteiger partial charge in [0.2, 0.25) is 5.69 Å². The van der Waals surface area contributed by atoms with Crippen LogP contribution < -0.4 is 4.57 Å². The van der Waals surface area contributed by atoms with Crippen molar-refractivity contribution >= 4 is 0 Å². The number of aryl methyl sites for hydroxylation is 5. The average molecular weight is 304 g/mol. The molecule has 2 aromatic heterocycles. The largest absolute Gasteiger partial charge is 0.303 e. The van der Waals surface area contributed by atoms with E-state index in [-0.39, 0.29) is 0 Å². The number of hydrogen-bond acceptors (Lipinski definition) is 1. The van der Waals surface area contributed by atoms with Gasteiger partial charge in [-0.1, -0.05) is 6.07 Å². The average Bonchev–Trinajstić information content (AvgIpc) is 3.04. The second kappa shape index (κ2) is 4.79. The van der Waals surface area contributed by atoms with Crippen LogP contribution in [0.3, 0.4) is 0 Å². The molecule has 0 unspecified atom stereocenters. The highest BCUT2D eigenvalue weighted by Gasteiger charge is 2.28. The van der Waals surface area contributed by atoms with E-state index in [1.165, 1.54) is 44.8 Å². The first kappa shape index (κ1) is 14.2. The van der Waals surface area contributed by atoms with Gasteiger partial charge in [-0.05, 0) is 49.9 Å². The van der Waals surface area contributed by atoms with Crippen molar-refractivity contribution in [2.75, 3.05) is 0 Å². The molecule has 0 atom stereocenters. The van der Waals surface area contributed by atoms with E-state index < -0.39 is 0 Å². The molecule has 0 fully saturated rings. The normalized spacial score (nSPS) is 12.4. The summed E-state index contributed by atoms with van der Waals surface area (Å²) in [6, 6.07) is 4.62. The van der Waals surface area contributed by atoms with Crippen molar-refractivity contribution in [3.8, 4) is 16.9 Å². The number of fused-ring (bicyclic) bond motifs is 3. The SMILES string of the molecule is Cc1cc(-c2c(C)cc(C)c3c2Cc2nccn2-3)[n+](C)cc1C. The third kappa shape index (κ3) is 1.96. The van der Waals surface area contributed by atoms with Gasteiger partial charge < -0.3 is 4.57 Å². The zero-order chi connectivity index (χ0) is 16.3. The standard InChI is InChI=1S/C20H22N3/c1-12-9-17(22(5)11-15(12)4)19-13(2)8-14(3)20-16(19)10-18-21-6-7-23(18)20/h6-9,11H,10H2,1-5H3/q+1. The minimum Gasteiger partial charge on any atom is -0.303 e. The molecule has 23 heavy (non-hydrogen) atoms. The van der Waals surface area contributed by atoms with Crippen molar-refractivity contribution in [2.45, 2.75) is 34.1 Å². The Morgan fingerprint density at radius 2 is 1.78 bits per heavy atom. The van der Waals surface area contributed by atoms with Crippen molar-refractivity contribution in [1.82, 2.24) is 9.55 Å². The minimum atomic E-state index is 0.910. The summed E-state index contributed by atoms with van der Waals surface area (Å²) in [6.07, 6.45) is 7.11. The smallest absolute Gasteiger partial charge is 0.213 e. The van der Waals surface area contributed by atoms with Crippen LogP contribution in [-0.4, -0.2) is 9.55 Å². The molecule has 116 valence electrons. The van der Waals surface area contributed by atoms with E-state index in [0.29, 0.717) is 0 Å². The van der Waals surface area contributed by atoms with Gasteiger partial charge in [-0.3, -0.25) is 0 Å². The van der Waals surface area contributed by atoms with Crippen LogP contribution in [0.25, 0.3) is 16.9 Å². The third-order valence-electron chi connectivity index (χ3n) is 5.08. The molecule has 1 aliphatic heterocycles. The van der Waals surface area contributed by atoms with Crippen LogP contribution in [0, 0.1) is 27.7 Å². The predicted molar refractivity (Wildman–Crippen MR) is 91.9 cm³/mol. The lowest BCUT2D eigenvalue weighted by atomic mass is 9.92. The number of hydrogen-bond donors (Lipinski definition) is 0. The molecule has 3 nitrogen and oxygen atoms in total. The van der Waals surface area contributed by atoms with Gasteiger partial charge in [-0.2, -0.15) is 0 Å². The Morgan fingerprint density at radius 3 is 2.57 bits per heavy atom. The number of benzene rings is 1. The first-order valence-electron chi connectivity index (χ1n) is 8.10. The van der Waals surface area contributed by atoms with Crippen molar-refractivity contribution in [1.29, 1.82) is 0 Å². The van der Waals surface area contributed by atoms with E-state index in [9.17, 15) is 0 Å². The predicted octanol–water partition coefficient (Wildman–Crippen LogP) is 3.50. The Hall–Kier alpha value is -2.42. The number of imidazole rings is 1. The Bertz CT molecular complexity index is 948. The van der Waals surface area contributed by atoms with E-state index in [4.69, 9.17) is 0 Å². The molecule has 0 spiro atoms. The molecule has 0 amide bonds. The van der Waals surface area contributed by atoms with Crippen LogP contribution in [0.4, 0.5) is 0 Å². The number of aromatic nitrogens is 3. The molecule has 4 rings (SSSR count). The van der Waals surface area contributed by atoms with Gasteiger partial charge in [0.25, 0.3) is 0 Å². The van der Waals surface area contributed by atoms with Crippen molar-refractivity contribution in [3.05, 3.63) is 64.4 Å². The molecule has 1 aromatic carbocycles. The Morgan fingerprint density at radius 1 is 1.00 bits per heavy atom. The van der Waals surface area contributed by atoms with Gasteiger partial charge in [0.1, 0.15) is 12.9 Å². The van der Waals surface area contributed by atoms with Crippen LogP contribution in [-0.2, 0) is 13.5 Å². The fourth-order valence-corrected chi connectivity index (χ4v) is 3.88. The van der Waals surface area contributed by atoms with E-state index in [0.717, 1.165) is 12.2 Å². The maximum atomic E-state index is 4.53. The molecule has 0 aliphatic carbocycles. The molecular formula is C20H22N3+. The van der Waals surface area contributed by atoms with Gasteiger partial charge in [-0.15, -0.1) is 0 Å². The second-order valence-electron chi connectivity index (χ2n) is 6.74. The fourth-order valence-electron chi connectivity index (χ4n) is 3.88. The van der Waals surface area contributed by atoms with Crippen molar-refractivity contribution < 1.29 is 4.57 Å². The van der Waals surface area contributed by atoms with Gasteiger partial charge in [0, 0.05) is 30.4 Å². The molecule has 3 aromatic rings. The van der Waals surface area contributed by atoms with Gasteiger partial charge in [-0.25, -0.2) is 9.55 Å². The Balaban J connectivity index is 2.05.